The number of carbonyl (C=O) groups is 2. The molecule has 1 fully saturated rings. The van der Waals surface area contributed by atoms with E-state index in [2.05, 4.69) is 0 Å². The quantitative estimate of drug-likeness (QED) is 0.672. The van der Waals surface area contributed by atoms with Crippen molar-refractivity contribution in [3.63, 3.8) is 0 Å². The zero-order valence-electron chi connectivity index (χ0n) is 10.8. The lowest BCUT2D eigenvalue weighted by atomic mass is 10.1. The number of aliphatic carboxylic acids is 2. The average molecular weight is 279 g/mol. The summed E-state index contributed by atoms with van der Waals surface area (Å²) in [5.41, 5.74) is 6.49. The van der Waals surface area contributed by atoms with Crippen molar-refractivity contribution in [1.82, 2.24) is 0 Å². The third-order valence-electron chi connectivity index (χ3n) is 3.64. The third kappa shape index (κ3) is 3.15. The normalized spacial score (nSPS) is 25.9. The maximum absolute atomic E-state index is 11.0. The van der Waals surface area contributed by atoms with Gasteiger partial charge in [-0.05, 0) is 5.56 Å². The largest absolute Gasteiger partial charge is 0.481 e. The number of carboxylic acids is 2. The van der Waals surface area contributed by atoms with E-state index in [1.807, 2.05) is 30.3 Å². The summed E-state index contributed by atoms with van der Waals surface area (Å²) in [5, 5.41) is 17.9. The molecule has 0 saturated heterocycles. The van der Waals surface area contributed by atoms with Crippen LogP contribution in [0, 0.1) is 17.8 Å². The molecule has 4 N–H and O–H groups in total. The molecule has 3 unspecified atom stereocenters. The number of carboxylic acid groups (broad SMARTS) is 2. The van der Waals surface area contributed by atoms with Crippen molar-refractivity contribution in [3.8, 4) is 0 Å². The molecule has 1 aliphatic rings. The minimum Gasteiger partial charge on any atom is -0.481 e. The van der Waals surface area contributed by atoms with Crippen LogP contribution in [0.15, 0.2) is 30.3 Å². The Bertz CT molecular complexity index is 490. The summed E-state index contributed by atoms with van der Waals surface area (Å²) in [7, 11) is 0. The molecule has 1 saturated carbocycles. The second-order valence-electron chi connectivity index (χ2n) is 4.97. The molecule has 6 nitrogen and oxygen atoms in total. The van der Waals surface area contributed by atoms with E-state index in [4.69, 9.17) is 20.7 Å². The summed E-state index contributed by atoms with van der Waals surface area (Å²) < 4.78 is 5.47. The van der Waals surface area contributed by atoms with Crippen molar-refractivity contribution in [2.24, 2.45) is 23.5 Å². The first kappa shape index (κ1) is 14.5. The van der Waals surface area contributed by atoms with Gasteiger partial charge in [-0.2, -0.15) is 0 Å². The first-order valence-corrected chi connectivity index (χ1v) is 6.35. The molecule has 20 heavy (non-hydrogen) atoms. The van der Waals surface area contributed by atoms with Crippen molar-refractivity contribution in [2.45, 2.75) is 12.6 Å². The molecule has 1 aliphatic carbocycles. The van der Waals surface area contributed by atoms with Gasteiger partial charge in [-0.25, -0.2) is 0 Å². The van der Waals surface area contributed by atoms with Gasteiger partial charge >= 0.3 is 11.9 Å². The second kappa shape index (κ2) is 6.02. The monoisotopic (exact) mass is 279 g/mol. The zero-order chi connectivity index (χ0) is 14.7. The van der Waals surface area contributed by atoms with Crippen molar-refractivity contribution < 1.29 is 24.5 Å². The van der Waals surface area contributed by atoms with E-state index in [0.29, 0.717) is 6.61 Å². The van der Waals surface area contributed by atoms with Crippen LogP contribution in [-0.2, 0) is 20.9 Å². The lowest BCUT2D eigenvalue weighted by Crippen LogP contribution is -2.34. The van der Waals surface area contributed by atoms with E-state index >= 15 is 0 Å². The standard InChI is InChI=1S/C14H17NO5/c15-12(14(18)19)10-9(11(10)13(16)17)7-20-6-8-4-2-1-3-5-8/h1-5,9-12H,6-7,15H2,(H,16,17)(H,18,19)/t9?,10?,11?,12-/m1/s1. The molecule has 6 heteroatoms. The summed E-state index contributed by atoms with van der Waals surface area (Å²) in [6.45, 7) is 0.580. The van der Waals surface area contributed by atoms with Gasteiger partial charge in [-0.3, -0.25) is 9.59 Å². The smallest absolute Gasteiger partial charge is 0.320 e. The fourth-order valence-electron chi connectivity index (χ4n) is 2.50. The molecule has 0 amide bonds. The zero-order valence-corrected chi connectivity index (χ0v) is 10.8. The summed E-state index contributed by atoms with van der Waals surface area (Å²) in [4.78, 5) is 21.9. The number of rotatable bonds is 7. The van der Waals surface area contributed by atoms with Crippen molar-refractivity contribution in [2.75, 3.05) is 6.61 Å². The highest BCUT2D eigenvalue weighted by Crippen LogP contribution is 2.48. The van der Waals surface area contributed by atoms with Gasteiger partial charge in [-0.1, -0.05) is 30.3 Å². The van der Waals surface area contributed by atoms with Crippen LogP contribution in [0.2, 0.25) is 0 Å². The minimum absolute atomic E-state index is 0.206. The molecule has 0 heterocycles. The molecule has 108 valence electrons. The van der Waals surface area contributed by atoms with E-state index < -0.39 is 29.8 Å². The van der Waals surface area contributed by atoms with Crippen LogP contribution < -0.4 is 5.73 Å². The molecule has 0 aliphatic heterocycles. The van der Waals surface area contributed by atoms with Gasteiger partial charge in [-0.15, -0.1) is 0 Å². The molecule has 2 rings (SSSR count). The molecule has 0 radical (unpaired) electrons. The number of hydrogen-bond donors (Lipinski definition) is 3. The van der Waals surface area contributed by atoms with Crippen LogP contribution in [0.25, 0.3) is 0 Å². The lowest BCUT2D eigenvalue weighted by molar-refractivity contribution is -0.140. The van der Waals surface area contributed by atoms with Crippen molar-refractivity contribution in [1.29, 1.82) is 0 Å². The molecule has 1 aromatic rings. The Hall–Kier alpha value is -1.92. The highest BCUT2D eigenvalue weighted by molar-refractivity contribution is 5.80. The van der Waals surface area contributed by atoms with Crippen LogP contribution in [0.1, 0.15) is 5.56 Å². The number of hydrogen-bond acceptors (Lipinski definition) is 4. The SMILES string of the molecule is N[C@@H](C(=O)O)C1C(COCc2ccccc2)C1C(=O)O. The van der Waals surface area contributed by atoms with Crippen molar-refractivity contribution in [3.05, 3.63) is 35.9 Å². The van der Waals surface area contributed by atoms with Gasteiger partial charge in [0.25, 0.3) is 0 Å². The first-order valence-electron chi connectivity index (χ1n) is 6.35. The van der Waals surface area contributed by atoms with E-state index in [0.717, 1.165) is 5.56 Å². The first-order chi connectivity index (χ1) is 9.52. The van der Waals surface area contributed by atoms with Gasteiger partial charge in [0.1, 0.15) is 6.04 Å². The Morgan fingerprint density at radius 1 is 1.25 bits per heavy atom. The predicted octanol–water partition coefficient (Wildman–Crippen LogP) is 0.562. The summed E-state index contributed by atoms with van der Waals surface area (Å²) in [5.74, 6) is -3.80. The number of nitrogens with two attached hydrogens (primary N) is 1. The Morgan fingerprint density at radius 2 is 1.90 bits per heavy atom. The highest BCUT2D eigenvalue weighted by atomic mass is 16.5. The molecule has 1 aromatic carbocycles. The Balaban J connectivity index is 1.86. The Kier molecular flexibility index (Phi) is 4.36. The highest BCUT2D eigenvalue weighted by Gasteiger charge is 2.59. The molecule has 4 atom stereocenters. The van der Waals surface area contributed by atoms with Crippen LogP contribution in [-0.4, -0.2) is 34.8 Å². The molecule has 0 bridgehead atoms. The molecule has 0 spiro atoms. The topological polar surface area (TPSA) is 110 Å². The Labute approximate surface area is 116 Å². The summed E-state index contributed by atoms with van der Waals surface area (Å²) in [6, 6.07) is 8.33. The fourth-order valence-corrected chi connectivity index (χ4v) is 2.50. The van der Waals surface area contributed by atoms with E-state index in [1.165, 1.54) is 0 Å². The van der Waals surface area contributed by atoms with Crippen LogP contribution in [0.3, 0.4) is 0 Å². The lowest BCUT2D eigenvalue weighted by Gasteiger charge is -2.06. The van der Waals surface area contributed by atoms with E-state index in [1.54, 1.807) is 0 Å². The van der Waals surface area contributed by atoms with E-state index in [-0.39, 0.29) is 12.5 Å². The molecular formula is C14H17NO5. The predicted molar refractivity (Wildman–Crippen MR) is 69.8 cm³/mol. The maximum Gasteiger partial charge on any atom is 0.320 e. The number of benzene rings is 1. The molecule has 0 aromatic heterocycles. The minimum atomic E-state index is -1.17. The maximum atomic E-state index is 11.0. The van der Waals surface area contributed by atoms with Crippen LogP contribution in [0.5, 0.6) is 0 Å². The molecular weight excluding hydrogens is 262 g/mol. The van der Waals surface area contributed by atoms with E-state index in [9.17, 15) is 9.59 Å². The van der Waals surface area contributed by atoms with Crippen LogP contribution >= 0.6 is 0 Å². The Morgan fingerprint density at radius 3 is 2.45 bits per heavy atom. The van der Waals surface area contributed by atoms with Gasteiger partial charge in [0.05, 0.1) is 19.1 Å². The van der Waals surface area contributed by atoms with Gasteiger partial charge in [0, 0.05) is 11.8 Å². The number of ether oxygens (including phenoxy) is 1. The average Bonchev–Trinajstić information content (AvgIpc) is 3.13. The fraction of sp³-hybridized carbons (Fsp3) is 0.429. The van der Waals surface area contributed by atoms with Gasteiger partial charge in [0.15, 0.2) is 0 Å². The summed E-state index contributed by atoms with van der Waals surface area (Å²) >= 11 is 0. The van der Waals surface area contributed by atoms with Gasteiger partial charge < -0.3 is 20.7 Å². The van der Waals surface area contributed by atoms with Crippen molar-refractivity contribution >= 4 is 11.9 Å². The third-order valence-corrected chi connectivity index (χ3v) is 3.64. The van der Waals surface area contributed by atoms with Gasteiger partial charge in [0.2, 0.25) is 0 Å². The second-order valence-corrected chi connectivity index (χ2v) is 4.97. The van der Waals surface area contributed by atoms with Crippen LogP contribution in [0.4, 0.5) is 0 Å². The summed E-state index contributed by atoms with van der Waals surface area (Å²) in [6.07, 6.45) is 0.